The van der Waals surface area contributed by atoms with Crippen LogP contribution in [-0.4, -0.2) is 23.1 Å². The van der Waals surface area contributed by atoms with Gasteiger partial charge in [-0.1, -0.05) is 42.5 Å². The summed E-state index contributed by atoms with van der Waals surface area (Å²) >= 11 is 7.96. The monoisotopic (exact) mass is 480 g/mol. The van der Waals surface area contributed by atoms with E-state index in [1.807, 2.05) is 12.1 Å². The second-order valence-corrected chi connectivity index (χ2v) is 8.67. The topological polar surface area (TPSA) is 59.1 Å². The normalized spacial score (nSPS) is 10.6. The summed E-state index contributed by atoms with van der Waals surface area (Å²) in [7, 11) is 0. The summed E-state index contributed by atoms with van der Waals surface area (Å²) in [5, 5.41) is 7.01. The molecule has 2 heterocycles. The van der Waals surface area contributed by atoms with Gasteiger partial charge in [-0.3, -0.25) is 0 Å². The minimum Gasteiger partial charge on any atom is -0.487 e. The van der Waals surface area contributed by atoms with Crippen LogP contribution in [0.15, 0.2) is 54.9 Å². The largest absolute Gasteiger partial charge is 0.487 e. The minimum atomic E-state index is -0.297. The molecule has 2 aromatic heterocycles. The maximum Gasteiger partial charge on any atom is 0.151 e. The lowest BCUT2D eigenvalue weighted by Crippen LogP contribution is -2.14. The van der Waals surface area contributed by atoms with Crippen molar-refractivity contribution in [1.82, 2.24) is 15.3 Å². The highest BCUT2D eigenvalue weighted by Crippen LogP contribution is 2.33. The molecule has 0 aliphatic rings. The van der Waals surface area contributed by atoms with Crippen LogP contribution in [-0.2, 0) is 6.61 Å². The van der Waals surface area contributed by atoms with Gasteiger partial charge < -0.3 is 15.4 Å². The summed E-state index contributed by atoms with van der Waals surface area (Å²) < 4.78 is 20.0. The molecule has 33 heavy (non-hydrogen) atoms. The van der Waals surface area contributed by atoms with Crippen molar-refractivity contribution in [1.29, 1.82) is 0 Å². The molecule has 0 radical (unpaired) electrons. The molecule has 0 fully saturated rings. The SMILES string of the molecule is CCCNCC#Cc1cc2ncnc(Nc3ccc(OCc4cccc(F)c4)c(Cl)c3)c2s1. The predicted octanol–water partition coefficient (Wildman–Crippen LogP) is 6.16. The fraction of sp³-hybridized carbons (Fsp3) is 0.200. The van der Waals surface area contributed by atoms with Crippen LogP contribution in [0.3, 0.4) is 0 Å². The number of hydrogen-bond acceptors (Lipinski definition) is 6. The van der Waals surface area contributed by atoms with E-state index in [2.05, 4.69) is 39.4 Å². The number of rotatable bonds is 8. The molecule has 2 N–H and O–H groups in total. The van der Waals surface area contributed by atoms with Gasteiger partial charge in [-0.25, -0.2) is 14.4 Å². The Hall–Kier alpha value is -3.18. The summed E-state index contributed by atoms with van der Waals surface area (Å²) in [6.07, 6.45) is 2.61. The van der Waals surface area contributed by atoms with Crippen molar-refractivity contribution in [2.24, 2.45) is 0 Å². The lowest BCUT2D eigenvalue weighted by molar-refractivity contribution is 0.306. The van der Waals surface area contributed by atoms with Crippen LogP contribution in [0.4, 0.5) is 15.9 Å². The molecule has 0 unspecified atom stereocenters. The third-order valence-electron chi connectivity index (χ3n) is 4.64. The zero-order valence-corrected chi connectivity index (χ0v) is 19.6. The van der Waals surface area contributed by atoms with Crippen LogP contribution >= 0.6 is 22.9 Å². The van der Waals surface area contributed by atoms with E-state index < -0.39 is 0 Å². The molecule has 4 rings (SSSR count). The van der Waals surface area contributed by atoms with Crippen LogP contribution < -0.4 is 15.4 Å². The zero-order valence-electron chi connectivity index (χ0n) is 18.0. The molecular formula is C25H22ClFN4OS. The first-order valence-corrected chi connectivity index (χ1v) is 11.7. The summed E-state index contributed by atoms with van der Waals surface area (Å²) in [5.41, 5.74) is 2.33. The van der Waals surface area contributed by atoms with Crippen LogP contribution in [0.25, 0.3) is 10.2 Å². The Bertz CT molecular complexity index is 1310. The fourth-order valence-electron chi connectivity index (χ4n) is 3.08. The van der Waals surface area contributed by atoms with Gasteiger partial charge in [-0.15, -0.1) is 11.3 Å². The first-order chi connectivity index (χ1) is 16.1. The zero-order chi connectivity index (χ0) is 23.0. The molecule has 0 saturated heterocycles. The van der Waals surface area contributed by atoms with E-state index in [1.54, 1.807) is 35.6 Å². The summed E-state index contributed by atoms with van der Waals surface area (Å²) in [6.45, 7) is 3.97. The Morgan fingerprint density at radius 2 is 2.06 bits per heavy atom. The van der Waals surface area contributed by atoms with E-state index in [0.29, 0.717) is 23.1 Å². The minimum absolute atomic E-state index is 0.226. The van der Waals surface area contributed by atoms with Crippen molar-refractivity contribution in [2.75, 3.05) is 18.4 Å². The number of halogens is 2. The fourth-order valence-corrected chi connectivity index (χ4v) is 4.25. The molecule has 0 aliphatic carbocycles. The van der Waals surface area contributed by atoms with Crippen molar-refractivity contribution in [3.63, 3.8) is 0 Å². The molecule has 168 valence electrons. The third kappa shape index (κ3) is 6.20. The van der Waals surface area contributed by atoms with E-state index in [-0.39, 0.29) is 12.4 Å². The smallest absolute Gasteiger partial charge is 0.151 e. The maximum absolute atomic E-state index is 13.3. The van der Waals surface area contributed by atoms with Gasteiger partial charge in [0.1, 0.15) is 24.5 Å². The second-order valence-electron chi connectivity index (χ2n) is 7.21. The van der Waals surface area contributed by atoms with Crippen molar-refractivity contribution < 1.29 is 9.13 Å². The van der Waals surface area contributed by atoms with Gasteiger partial charge in [0.05, 0.1) is 26.7 Å². The Morgan fingerprint density at radius 3 is 2.88 bits per heavy atom. The summed E-state index contributed by atoms with van der Waals surface area (Å²) in [6, 6.07) is 13.6. The Balaban J connectivity index is 1.45. The van der Waals surface area contributed by atoms with Gasteiger partial charge >= 0.3 is 0 Å². The molecule has 0 spiro atoms. The molecule has 0 atom stereocenters. The van der Waals surface area contributed by atoms with Crippen molar-refractivity contribution in [2.45, 2.75) is 20.0 Å². The number of nitrogens with zero attached hydrogens (tertiary/aromatic N) is 2. The molecule has 0 amide bonds. The first-order valence-electron chi connectivity index (χ1n) is 10.5. The molecule has 0 saturated carbocycles. The van der Waals surface area contributed by atoms with Crippen molar-refractivity contribution in [3.8, 4) is 17.6 Å². The van der Waals surface area contributed by atoms with Gasteiger partial charge in [-0.2, -0.15) is 0 Å². The molecule has 4 aromatic rings. The number of benzene rings is 2. The molecule has 0 aliphatic heterocycles. The molecule has 8 heteroatoms. The number of nitrogens with one attached hydrogen (secondary N) is 2. The highest BCUT2D eigenvalue weighted by Gasteiger charge is 2.10. The third-order valence-corrected chi connectivity index (χ3v) is 5.98. The Labute approximate surface area is 201 Å². The molecule has 0 bridgehead atoms. The second kappa shape index (κ2) is 11.1. The Kier molecular flexibility index (Phi) is 7.74. The number of anilines is 2. The molecule has 5 nitrogen and oxygen atoms in total. The van der Waals surface area contributed by atoms with Gasteiger partial charge in [0.15, 0.2) is 5.82 Å². The van der Waals surface area contributed by atoms with Gasteiger partial charge in [0.25, 0.3) is 0 Å². The molecule has 2 aromatic carbocycles. The van der Waals surface area contributed by atoms with Crippen LogP contribution in [0.2, 0.25) is 5.02 Å². The number of fused-ring (bicyclic) bond motifs is 1. The van der Waals surface area contributed by atoms with Crippen LogP contribution in [0.5, 0.6) is 5.75 Å². The standard InChI is InChI=1S/C25H22ClFN4OS/c1-2-10-28-11-4-7-20-14-22-24(33-20)25(30-16-29-22)31-19-8-9-23(21(26)13-19)32-15-17-5-3-6-18(27)12-17/h3,5-6,8-9,12-14,16,28H,2,10-11,15H2,1H3,(H,29,30,31). The predicted molar refractivity (Wildman–Crippen MR) is 133 cm³/mol. The lowest BCUT2D eigenvalue weighted by atomic mass is 10.2. The first kappa shape index (κ1) is 23.0. The quantitative estimate of drug-likeness (QED) is 0.234. The number of ether oxygens (including phenoxy) is 1. The van der Waals surface area contributed by atoms with E-state index >= 15 is 0 Å². The van der Waals surface area contributed by atoms with Gasteiger partial charge in [0.2, 0.25) is 0 Å². The average molecular weight is 481 g/mol. The van der Waals surface area contributed by atoms with Crippen LogP contribution in [0.1, 0.15) is 23.8 Å². The summed E-state index contributed by atoms with van der Waals surface area (Å²) in [5.74, 6) is 7.22. The average Bonchev–Trinajstić information content (AvgIpc) is 3.22. The van der Waals surface area contributed by atoms with E-state index in [1.165, 1.54) is 18.5 Å². The number of hydrogen-bond donors (Lipinski definition) is 2. The number of thiophene rings is 1. The van der Waals surface area contributed by atoms with Gasteiger partial charge in [0, 0.05) is 5.69 Å². The van der Waals surface area contributed by atoms with E-state index in [0.717, 1.165) is 39.3 Å². The van der Waals surface area contributed by atoms with E-state index in [9.17, 15) is 4.39 Å². The highest BCUT2D eigenvalue weighted by atomic mass is 35.5. The number of aromatic nitrogens is 2. The molecular weight excluding hydrogens is 459 g/mol. The summed E-state index contributed by atoms with van der Waals surface area (Å²) in [4.78, 5) is 9.68. The lowest BCUT2D eigenvalue weighted by Gasteiger charge is -2.11. The van der Waals surface area contributed by atoms with Gasteiger partial charge in [-0.05, 0) is 54.9 Å². The van der Waals surface area contributed by atoms with E-state index in [4.69, 9.17) is 16.3 Å². The van der Waals surface area contributed by atoms with Crippen molar-refractivity contribution >= 4 is 44.7 Å². The van der Waals surface area contributed by atoms with Crippen molar-refractivity contribution in [3.05, 3.63) is 76.1 Å². The van der Waals surface area contributed by atoms with Crippen LogP contribution in [0, 0.1) is 17.7 Å². The maximum atomic E-state index is 13.3. The highest BCUT2D eigenvalue weighted by molar-refractivity contribution is 7.20. The Morgan fingerprint density at radius 1 is 1.15 bits per heavy atom.